The van der Waals surface area contributed by atoms with Crippen LogP contribution in [-0.2, 0) is 11.3 Å². The molecule has 0 aliphatic carbocycles. The highest BCUT2D eigenvalue weighted by Gasteiger charge is 2.23. The molecule has 0 aromatic carbocycles. The molecule has 6 heteroatoms. The van der Waals surface area contributed by atoms with Crippen LogP contribution >= 0.6 is 0 Å². The number of likely N-dealkylation sites (tertiary alicyclic amines) is 1. The van der Waals surface area contributed by atoms with Crippen molar-refractivity contribution in [2.75, 3.05) is 39.9 Å². The summed E-state index contributed by atoms with van der Waals surface area (Å²) in [6.45, 7) is 11.5. The van der Waals surface area contributed by atoms with Crippen molar-refractivity contribution >= 4 is 5.91 Å². The fourth-order valence-corrected chi connectivity index (χ4v) is 2.97. The zero-order valence-corrected chi connectivity index (χ0v) is 14.8. The van der Waals surface area contributed by atoms with E-state index < -0.39 is 0 Å². The quantitative estimate of drug-likeness (QED) is 0.792. The van der Waals surface area contributed by atoms with Crippen molar-refractivity contribution in [3.05, 3.63) is 17.5 Å². The number of methoxy groups -OCH3 is 1. The van der Waals surface area contributed by atoms with Crippen LogP contribution in [0.15, 0.2) is 6.07 Å². The van der Waals surface area contributed by atoms with Crippen molar-refractivity contribution in [2.45, 2.75) is 39.7 Å². The summed E-state index contributed by atoms with van der Waals surface area (Å²) in [5.41, 5.74) is 1.65. The Morgan fingerprint density at radius 1 is 1.52 bits per heavy atom. The lowest BCUT2D eigenvalue weighted by atomic mass is 10.1. The fraction of sp³-hybridized carbons (Fsp3) is 0.765. The van der Waals surface area contributed by atoms with Crippen LogP contribution in [0.4, 0.5) is 0 Å². The lowest BCUT2D eigenvalue weighted by Crippen LogP contribution is -2.32. The van der Waals surface area contributed by atoms with Crippen molar-refractivity contribution in [3.8, 4) is 0 Å². The molecule has 6 nitrogen and oxygen atoms in total. The average Bonchev–Trinajstić information content (AvgIpc) is 3.17. The summed E-state index contributed by atoms with van der Waals surface area (Å²) in [4.78, 5) is 14.9. The molecular weight excluding hydrogens is 292 g/mol. The number of carbonyl (C=O) groups excluding carboxylic acids is 1. The summed E-state index contributed by atoms with van der Waals surface area (Å²) in [5.74, 6) is 0.846. The number of hydrogen-bond donors (Lipinski definition) is 1. The zero-order valence-electron chi connectivity index (χ0n) is 14.8. The van der Waals surface area contributed by atoms with Gasteiger partial charge in [0.1, 0.15) is 5.69 Å². The maximum Gasteiger partial charge on any atom is 0.269 e. The van der Waals surface area contributed by atoms with Gasteiger partial charge in [-0.2, -0.15) is 5.10 Å². The number of ether oxygens (including phenoxy) is 1. The topological polar surface area (TPSA) is 59.4 Å². The standard InChI is InChI=1S/C17H30N4O2/c1-5-21-16(10-15(19-21)13(2)3)17(22)18-11-14-6-7-20(12-14)8-9-23-4/h10,13-14H,5-9,11-12H2,1-4H3,(H,18,22)/t14-/m0/s1. The summed E-state index contributed by atoms with van der Waals surface area (Å²) in [6, 6.07) is 1.92. The Labute approximate surface area is 139 Å². The molecule has 1 amide bonds. The van der Waals surface area contributed by atoms with Gasteiger partial charge in [-0.05, 0) is 37.8 Å². The first-order valence-electron chi connectivity index (χ1n) is 8.62. The highest BCUT2D eigenvalue weighted by molar-refractivity contribution is 5.92. The molecule has 1 atom stereocenters. The van der Waals surface area contributed by atoms with Gasteiger partial charge < -0.3 is 15.0 Å². The number of hydrogen-bond acceptors (Lipinski definition) is 4. The SMILES string of the molecule is CCn1nc(C(C)C)cc1C(=O)NC[C@@H]1CCN(CCOC)C1. The zero-order chi connectivity index (χ0) is 16.8. The smallest absolute Gasteiger partial charge is 0.269 e. The highest BCUT2D eigenvalue weighted by Crippen LogP contribution is 2.16. The fourth-order valence-electron chi connectivity index (χ4n) is 2.97. The van der Waals surface area contributed by atoms with Crippen LogP contribution in [0.25, 0.3) is 0 Å². The van der Waals surface area contributed by atoms with Crippen molar-refractivity contribution in [2.24, 2.45) is 5.92 Å². The van der Waals surface area contributed by atoms with E-state index in [2.05, 4.69) is 29.2 Å². The Balaban J connectivity index is 1.86. The normalized spacial score (nSPS) is 18.7. The van der Waals surface area contributed by atoms with E-state index in [0.29, 0.717) is 24.1 Å². The van der Waals surface area contributed by atoms with Crippen LogP contribution in [0.2, 0.25) is 0 Å². The van der Waals surface area contributed by atoms with Crippen LogP contribution in [0.5, 0.6) is 0 Å². The minimum absolute atomic E-state index is 0.0124. The van der Waals surface area contributed by atoms with Gasteiger partial charge in [-0.25, -0.2) is 0 Å². The van der Waals surface area contributed by atoms with Crippen LogP contribution in [0.3, 0.4) is 0 Å². The Morgan fingerprint density at radius 2 is 2.30 bits per heavy atom. The largest absolute Gasteiger partial charge is 0.383 e. The molecule has 0 radical (unpaired) electrons. The third-order valence-corrected chi connectivity index (χ3v) is 4.46. The number of aromatic nitrogens is 2. The van der Waals surface area contributed by atoms with Crippen molar-refractivity contribution in [3.63, 3.8) is 0 Å². The number of aryl methyl sites for hydroxylation is 1. The van der Waals surface area contributed by atoms with E-state index in [-0.39, 0.29) is 5.91 Å². The van der Waals surface area contributed by atoms with Gasteiger partial charge >= 0.3 is 0 Å². The highest BCUT2D eigenvalue weighted by atomic mass is 16.5. The second-order valence-corrected chi connectivity index (χ2v) is 6.58. The van der Waals surface area contributed by atoms with Crippen LogP contribution in [-0.4, -0.2) is 60.5 Å². The summed E-state index contributed by atoms with van der Waals surface area (Å²) in [5, 5.41) is 7.60. The van der Waals surface area contributed by atoms with Crippen molar-refractivity contribution in [1.82, 2.24) is 20.0 Å². The second-order valence-electron chi connectivity index (χ2n) is 6.58. The Bertz CT molecular complexity index is 513. The lowest BCUT2D eigenvalue weighted by molar-refractivity contribution is 0.0936. The summed E-state index contributed by atoms with van der Waals surface area (Å²) in [6.07, 6.45) is 1.13. The Hall–Kier alpha value is -1.40. The monoisotopic (exact) mass is 322 g/mol. The third-order valence-electron chi connectivity index (χ3n) is 4.46. The molecule has 2 rings (SSSR count). The first-order valence-corrected chi connectivity index (χ1v) is 8.62. The van der Waals surface area contributed by atoms with Gasteiger partial charge in [0.25, 0.3) is 5.91 Å². The van der Waals surface area contributed by atoms with Crippen LogP contribution < -0.4 is 5.32 Å². The summed E-state index contributed by atoms with van der Waals surface area (Å²) >= 11 is 0. The molecule has 1 aromatic heterocycles. The number of nitrogens with zero attached hydrogens (tertiary/aromatic N) is 3. The molecule has 1 fully saturated rings. The molecule has 130 valence electrons. The number of nitrogens with one attached hydrogen (secondary N) is 1. The van der Waals surface area contributed by atoms with E-state index in [1.165, 1.54) is 0 Å². The van der Waals surface area contributed by atoms with Gasteiger partial charge in [0, 0.05) is 33.3 Å². The first kappa shape index (κ1) is 17.9. The maximum absolute atomic E-state index is 12.5. The van der Waals surface area contributed by atoms with Gasteiger partial charge in [-0.1, -0.05) is 13.8 Å². The predicted molar refractivity (Wildman–Crippen MR) is 90.7 cm³/mol. The molecule has 0 bridgehead atoms. The van der Waals surface area contributed by atoms with Gasteiger partial charge in [0.2, 0.25) is 0 Å². The van der Waals surface area contributed by atoms with E-state index in [0.717, 1.165) is 44.9 Å². The van der Waals surface area contributed by atoms with Gasteiger partial charge in [0.05, 0.1) is 12.3 Å². The number of carbonyl (C=O) groups is 1. The van der Waals surface area contributed by atoms with E-state index in [4.69, 9.17) is 4.74 Å². The number of amides is 1. The molecular formula is C17H30N4O2. The predicted octanol–water partition coefficient (Wildman–Crippen LogP) is 1.72. The second kappa shape index (κ2) is 8.45. The average molecular weight is 322 g/mol. The summed E-state index contributed by atoms with van der Waals surface area (Å²) < 4.78 is 6.92. The molecule has 0 spiro atoms. The Kier molecular flexibility index (Phi) is 6.59. The lowest BCUT2D eigenvalue weighted by Gasteiger charge is -2.15. The molecule has 23 heavy (non-hydrogen) atoms. The van der Waals surface area contributed by atoms with E-state index >= 15 is 0 Å². The van der Waals surface area contributed by atoms with Crippen LogP contribution in [0, 0.1) is 5.92 Å². The minimum atomic E-state index is -0.0124. The van der Waals surface area contributed by atoms with E-state index in [1.807, 2.05) is 13.0 Å². The molecule has 1 aliphatic rings. The van der Waals surface area contributed by atoms with Gasteiger partial charge in [-0.3, -0.25) is 9.48 Å². The number of rotatable bonds is 8. The molecule has 1 aromatic rings. The van der Waals surface area contributed by atoms with Gasteiger partial charge in [-0.15, -0.1) is 0 Å². The summed E-state index contributed by atoms with van der Waals surface area (Å²) in [7, 11) is 1.73. The molecule has 0 saturated carbocycles. The molecule has 1 aliphatic heterocycles. The first-order chi connectivity index (χ1) is 11.0. The molecule has 1 saturated heterocycles. The van der Waals surface area contributed by atoms with Crippen LogP contribution in [0.1, 0.15) is 49.3 Å². The minimum Gasteiger partial charge on any atom is -0.383 e. The van der Waals surface area contributed by atoms with Gasteiger partial charge in [0.15, 0.2) is 0 Å². The van der Waals surface area contributed by atoms with E-state index in [1.54, 1.807) is 11.8 Å². The molecule has 2 heterocycles. The Morgan fingerprint density at radius 3 is 2.96 bits per heavy atom. The molecule has 0 unspecified atom stereocenters. The van der Waals surface area contributed by atoms with Crippen molar-refractivity contribution in [1.29, 1.82) is 0 Å². The maximum atomic E-state index is 12.5. The molecule has 1 N–H and O–H groups in total. The van der Waals surface area contributed by atoms with Crippen molar-refractivity contribution < 1.29 is 9.53 Å². The van der Waals surface area contributed by atoms with E-state index in [9.17, 15) is 4.79 Å². The third kappa shape index (κ3) is 4.78.